The van der Waals surface area contributed by atoms with Gasteiger partial charge in [0.05, 0.1) is 7.11 Å². The van der Waals surface area contributed by atoms with E-state index in [9.17, 15) is 4.39 Å². The lowest BCUT2D eigenvalue weighted by Gasteiger charge is -2.17. The van der Waals surface area contributed by atoms with Gasteiger partial charge in [-0.1, -0.05) is 39.7 Å². The molecule has 0 aliphatic rings. The Hall–Kier alpha value is -1.10. The Morgan fingerprint density at radius 3 is 2.75 bits per heavy atom. The summed E-state index contributed by atoms with van der Waals surface area (Å²) in [5.41, 5.74) is 7.41. The molecule has 106 valence electrons. The summed E-state index contributed by atoms with van der Waals surface area (Å²) < 4.78 is 20.0. The second-order valence-corrected chi connectivity index (χ2v) is 5.72. The Bertz CT molecular complexity index is 601. The van der Waals surface area contributed by atoms with Crippen LogP contribution in [0, 0.1) is 5.82 Å². The van der Waals surface area contributed by atoms with Crippen molar-refractivity contribution in [2.45, 2.75) is 12.5 Å². The van der Waals surface area contributed by atoms with E-state index < -0.39 is 6.04 Å². The zero-order valence-electron chi connectivity index (χ0n) is 10.9. The molecule has 5 heteroatoms. The molecule has 1 unspecified atom stereocenters. The number of benzene rings is 2. The first-order chi connectivity index (χ1) is 9.52. The normalized spacial score (nSPS) is 12.2. The Morgan fingerprint density at radius 2 is 2.10 bits per heavy atom. The summed E-state index contributed by atoms with van der Waals surface area (Å²) in [4.78, 5) is 0. The molecule has 2 aromatic carbocycles. The van der Waals surface area contributed by atoms with Crippen LogP contribution >= 0.6 is 27.5 Å². The number of hydrogen-bond acceptors (Lipinski definition) is 2. The van der Waals surface area contributed by atoms with Crippen molar-refractivity contribution in [1.82, 2.24) is 0 Å². The number of methoxy groups -OCH3 is 1. The largest absolute Gasteiger partial charge is 0.496 e. The van der Waals surface area contributed by atoms with Crippen molar-refractivity contribution >= 4 is 27.5 Å². The van der Waals surface area contributed by atoms with Gasteiger partial charge in [0.25, 0.3) is 0 Å². The molecule has 0 amide bonds. The second-order valence-electron chi connectivity index (χ2n) is 4.40. The van der Waals surface area contributed by atoms with Crippen LogP contribution < -0.4 is 10.5 Å². The molecule has 0 radical (unpaired) electrons. The summed E-state index contributed by atoms with van der Waals surface area (Å²) in [7, 11) is 1.58. The molecule has 1 atom stereocenters. The molecule has 0 bridgehead atoms. The molecule has 2 nitrogen and oxygen atoms in total. The van der Waals surface area contributed by atoms with Crippen LogP contribution in [0.5, 0.6) is 5.75 Å². The van der Waals surface area contributed by atoms with Crippen molar-refractivity contribution < 1.29 is 9.13 Å². The quantitative estimate of drug-likeness (QED) is 0.874. The molecule has 0 aromatic heterocycles. The zero-order chi connectivity index (χ0) is 14.7. The van der Waals surface area contributed by atoms with Gasteiger partial charge in [-0.25, -0.2) is 4.39 Å². The summed E-state index contributed by atoms with van der Waals surface area (Å²) >= 11 is 9.40. The van der Waals surface area contributed by atoms with Crippen LogP contribution in [0.3, 0.4) is 0 Å². The van der Waals surface area contributed by atoms with E-state index in [4.69, 9.17) is 22.1 Å². The molecule has 0 aliphatic heterocycles. The van der Waals surface area contributed by atoms with E-state index in [0.717, 1.165) is 10.0 Å². The summed E-state index contributed by atoms with van der Waals surface area (Å²) in [6, 6.07) is 9.79. The maximum absolute atomic E-state index is 13.8. The minimum atomic E-state index is -0.396. The van der Waals surface area contributed by atoms with Gasteiger partial charge in [0.15, 0.2) is 0 Å². The maximum atomic E-state index is 13.8. The lowest BCUT2D eigenvalue weighted by atomic mass is 9.98. The fourth-order valence-corrected chi connectivity index (χ4v) is 2.63. The van der Waals surface area contributed by atoms with Gasteiger partial charge in [-0.15, -0.1) is 0 Å². The third-order valence-electron chi connectivity index (χ3n) is 3.08. The van der Waals surface area contributed by atoms with Gasteiger partial charge in [0.1, 0.15) is 11.6 Å². The first-order valence-corrected chi connectivity index (χ1v) is 7.22. The first kappa shape index (κ1) is 15.3. The van der Waals surface area contributed by atoms with Gasteiger partial charge in [0, 0.05) is 26.7 Å². The van der Waals surface area contributed by atoms with Gasteiger partial charge < -0.3 is 10.5 Å². The third kappa shape index (κ3) is 3.32. The SMILES string of the molecule is COc1cc(Br)ccc1C(N)Cc1c(F)cccc1Cl. The summed E-state index contributed by atoms with van der Waals surface area (Å²) in [5.74, 6) is 0.323. The third-order valence-corrected chi connectivity index (χ3v) is 3.93. The summed E-state index contributed by atoms with van der Waals surface area (Å²) in [5, 5.41) is 0.386. The smallest absolute Gasteiger partial charge is 0.127 e. The van der Waals surface area contributed by atoms with E-state index >= 15 is 0 Å². The van der Waals surface area contributed by atoms with Crippen LogP contribution in [0.4, 0.5) is 4.39 Å². The van der Waals surface area contributed by atoms with E-state index in [2.05, 4.69) is 15.9 Å². The zero-order valence-corrected chi connectivity index (χ0v) is 13.2. The minimum Gasteiger partial charge on any atom is -0.496 e. The minimum absolute atomic E-state index is 0.309. The van der Waals surface area contributed by atoms with Crippen molar-refractivity contribution in [3.63, 3.8) is 0 Å². The molecule has 0 saturated carbocycles. The Balaban J connectivity index is 2.31. The van der Waals surface area contributed by atoms with Crippen LogP contribution in [-0.4, -0.2) is 7.11 Å². The van der Waals surface area contributed by atoms with Crippen LogP contribution in [0.2, 0.25) is 5.02 Å². The molecule has 2 rings (SSSR count). The number of nitrogens with two attached hydrogens (primary N) is 1. The molecule has 0 spiro atoms. The summed E-state index contributed by atoms with van der Waals surface area (Å²) in [6.45, 7) is 0. The summed E-state index contributed by atoms with van der Waals surface area (Å²) in [6.07, 6.45) is 0.309. The van der Waals surface area contributed by atoms with Crippen molar-refractivity contribution in [3.8, 4) is 5.75 Å². The fourth-order valence-electron chi connectivity index (χ4n) is 2.05. The van der Waals surface area contributed by atoms with Crippen LogP contribution in [0.1, 0.15) is 17.2 Å². The lowest BCUT2D eigenvalue weighted by molar-refractivity contribution is 0.405. The van der Waals surface area contributed by atoms with Crippen LogP contribution in [0.25, 0.3) is 0 Å². The number of rotatable bonds is 4. The van der Waals surface area contributed by atoms with Crippen molar-refractivity contribution in [2.24, 2.45) is 5.73 Å². The fraction of sp³-hybridized carbons (Fsp3) is 0.200. The average Bonchev–Trinajstić information content (AvgIpc) is 2.42. The molecule has 20 heavy (non-hydrogen) atoms. The predicted octanol–water partition coefficient (Wildman–Crippen LogP) is 4.49. The molecular weight excluding hydrogens is 345 g/mol. The monoisotopic (exact) mass is 357 g/mol. The van der Waals surface area contributed by atoms with Crippen LogP contribution in [0.15, 0.2) is 40.9 Å². The van der Waals surface area contributed by atoms with Crippen molar-refractivity contribution in [2.75, 3.05) is 7.11 Å². The van der Waals surface area contributed by atoms with E-state index in [1.165, 1.54) is 6.07 Å². The second kappa shape index (κ2) is 6.57. The first-order valence-electron chi connectivity index (χ1n) is 6.05. The molecule has 0 saturated heterocycles. The lowest BCUT2D eigenvalue weighted by Crippen LogP contribution is -2.15. The van der Waals surface area contributed by atoms with Gasteiger partial charge in [-0.3, -0.25) is 0 Å². The van der Waals surface area contributed by atoms with Gasteiger partial charge in [-0.05, 0) is 30.7 Å². The molecule has 0 aliphatic carbocycles. The van der Waals surface area contributed by atoms with E-state index in [-0.39, 0.29) is 5.82 Å². The van der Waals surface area contributed by atoms with E-state index in [0.29, 0.717) is 22.8 Å². The highest BCUT2D eigenvalue weighted by atomic mass is 79.9. The van der Waals surface area contributed by atoms with E-state index in [1.54, 1.807) is 19.2 Å². The Kier molecular flexibility index (Phi) is 5.02. The van der Waals surface area contributed by atoms with Gasteiger partial charge in [0.2, 0.25) is 0 Å². The van der Waals surface area contributed by atoms with E-state index in [1.807, 2.05) is 18.2 Å². The standard InChI is InChI=1S/C15H14BrClFNO/c1-20-15-7-9(16)5-6-10(15)14(19)8-11-12(17)3-2-4-13(11)18/h2-7,14H,8,19H2,1H3. The number of hydrogen-bond donors (Lipinski definition) is 1. The molecule has 0 heterocycles. The Labute approximate surface area is 130 Å². The predicted molar refractivity (Wildman–Crippen MR) is 82.7 cm³/mol. The molecule has 2 N–H and O–H groups in total. The number of ether oxygens (including phenoxy) is 1. The van der Waals surface area contributed by atoms with Crippen molar-refractivity contribution in [1.29, 1.82) is 0 Å². The Morgan fingerprint density at radius 1 is 1.35 bits per heavy atom. The topological polar surface area (TPSA) is 35.2 Å². The van der Waals surface area contributed by atoms with Gasteiger partial charge >= 0.3 is 0 Å². The highest BCUT2D eigenvalue weighted by molar-refractivity contribution is 9.10. The molecule has 0 fully saturated rings. The number of halogens is 3. The molecular formula is C15H14BrClFNO. The van der Waals surface area contributed by atoms with Crippen LogP contribution in [-0.2, 0) is 6.42 Å². The maximum Gasteiger partial charge on any atom is 0.127 e. The average molecular weight is 359 g/mol. The highest BCUT2D eigenvalue weighted by Crippen LogP contribution is 2.31. The van der Waals surface area contributed by atoms with Crippen molar-refractivity contribution in [3.05, 3.63) is 62.8 Å². The molecule has 2 aromatic rings. The van der Waals surface area contributed by atoms with Gasteiger partial charge in [-0.2, -0.15) is 0 Å². The highest BCUT2D eigenvalue weighted by Gasteiger charge is 2.16.